The minimum atomic E-state index is -4.85. The summed E-state index contributed by atoms with van der Waals surface area (Å²) in [6.45, 7) is 0.782. The van der Waals surface area contributed by atoms with E-state index < -0.39 is 29.4 Å². The van der Waals surface area contributed by atoms with Crippen LogP contribution in [0.5, 0.6) is 0 Å². The molecule has 1 aliphatic carbocycles. The molecule has 1 saturated carbocycles. The number of alkyl halides is 6. The van der Waals surface area contributed by atoms with Gasteiger partial charge in [-0.05, 0) is 68.1 Å². The lowest BCUT2D eigenvalue weighted by molar-refractivity contribution is -0.143. The zero-order valence-corrected chi connectivity index (χ0v) is 15.7. The lowest BCUT2D eigenvalue weighted by atomic mass is 9.65. The maximum Gasteiger partial charge on any atom is 0.416 e. The molecule has 0 atom stereocenters. The molecule has 2 fully saturated rings. The van der Waals surface area contributed by atoms with E-state index in [1.807, 2.05) is 0 Å². The Morgan fingerprint density at radius 1 is 0.931 bits per heavy atom. The van der Waals surface area contributed by atoms with Crippen molar-refractivity contribution in [3.8, 4) is 0 Å². The number of carbonyl (C=O) groups is 1. The first kappa shape index (κ1) is 21.8. The molecule has 1 aromatic carbocycles. The van der Waals surface area contributed by atoms with Crippen molar-refractivity contribution >= 4 is 11.7 Å². The summed E-state index contributed by atoms with van der Waals surface area (Å²) in [4.78, 5) is 12.5. The number of piperidine rings is 1. The summed E-state index contributed by atoms with van der Waals surface area (Å²) in [6, 6.07) is 1.73. The van der Waals surface area contributed by atoms with E-state index in [2.05, 4.69) is 0 Å². The summed E-state index contributed by atoms with van der Waals surface area (Å²) < 4.78 is 78.5. The maximum atomic E-state index is 13.1. The summed E-state index contributed by atoms with van der Waals surface area (Å²) >= 11 is 0. The van der Waals surface area contributed by atoms with Crippen LogP contribution in [-0.4, -0.2) is 24.2 Å². The van der Waals surface area contributed by atoms with Crippen molar-refractivity contribution < 1.29 is 36.2 Å². The molecule has 162 valence electrons. The highest BCUT2D eigenvalue weighted by Gasteiger charge is 2.40. The number of aliphatic carboxylic acids is 1. The minimum Gasteiger partial charge on any atom is -0.481 e. The van der Waals surface area contributed by atoms with E-state index in [4.69, 9.17) is 5.11 Å². The van der Waals surface area contributed by atoms with E-state index in [0.29, 0.717) is 25.9 Å². The summed E-state index contributed by atoms with van der Waals surface area (Å²) in [5.41, 5.74) is -2.63. The third-order valence-electron chi connectivity index (χ3n) is 6.39. The van der Waals surface area contributed by atoms with Crippen LogP contribution in [0.15, 0.2) is 18.2 Å². The van der Waals surface area contributed by atoms with Gasteiger partial charge in [0.2, 0.25) is 0 Å². The molecule has 3 nitrogen and oxygen atoms in total. The van der Waals surface area contributed by atoms with Gasteiger partial charge in [0.25, 0.3) is 0 Å². The van der Waals surface area contributed by atoms with Crippen molar-refractivity contribution in [1.82, 2.24) is 0 Å². The lowest BCUT2D eigenvalue weighted by Crippen LogP contribution is -2.42. The van der Waals surface area contributed by atoms with Crippen molar-refractivity contribution in [2.45, 2.75) is 57.3 Å². The Labute approximate surface area is 164 Å². The van der Waals surface area contributed by atoms with Gasteiger partial charge in [0.1, 0.15) is 0 Å². The highest BCUT2D eigenvalue weighted by molar-refractivity contribution is 5.67. The van der Waals surface area contributed by atoms with Crippen LogP contribution in [0.1, 0.15) is 56.1 Å². The Morgan fingerprint density at radius 3 is 1.83 bits per heavy atom. The average molecular weight is 423 g/mol. The van der Waals surface area contributed by atoms with Crippen LogP contribution in [0.4, 0.5) is 32.0 Å². The third-order valence-corrected chi connectivity index (χ3v) is 6.39. The highest BCUT2D eigenvalue weighted by Crippen LogP contribution is 2.48. The topological polar surface area (TPSA) is 40.5 Å². The molecular weight excluding hydrogens is 400 g/mol. The molecule has 0 unspecified atom stereocenters. The van der Waals surface area contributed by atoms with Crippen LogP contribution in [0.2, 0.25) is 0 Å². The van der Waals surface area contributed by atoms with Crippen molar-refractivity contribution in [3.05, 3.63) is 29.3 Å². The summed E-state index contributed by atoms with van der Waals surface area (Å²) in [6.07, 6.45) is -4.88. The fourth-order valence-corrected chi connectivity index (χ4v) is 4.60. The van der Waals surface area contributed by atoms with E-state index in [9.17, 15) is 31.1 Å². The van der Waals surface area contributed by atoms with E-state index >= 15 is 0 Å². The van der Waals surface area contributed by atoms with Gasteiger partial charge in [0, 0.05) is 25.2 Å². The third kappa shape index (κ3) is 5.17. The maximum absolute atomic E-state index is 13.1. The predicted molar refractivity (Wildman–Crippen MR) is 94.5 cm³/mol. The molecule has 0 aromatic heterocycles. The molecule has 2 aliphatic rings. The summed E-state index contributed by atoms with van der Waals surface area (Å²) in [5.74, 6) is -0.667. The summed E-state index contributed by atoms with van der Waals surface area (Å²) in [5, 5.41) is 8.92. The number of carboxylic acid groups (broad SMARTS) is 1. The summed E-state index contributed by atoms with van der Waals surface area (Å²) in [7, 11) is 0. The van der Waals surface area contributed by atoms with Crippen molar-refractivity contribution in [2.24, 2.45) is 11.3 Å². The van der Waals surface area contributed by atoms with Crippen LogP contribution in [0, 0.1) is 11.3 Å². The Hall–Kier alpha value is -1.93. The van der Waals surface area contributed by atoms with Crippen LogP contribution >= 0.6 is 0 Å². The molecule has 1 saturated heterocycles. The molecular formula is C20H23F6NO2. The van der Waals surface area contributed by atoms with E-state index in [0.717, 1.165) is 37.8 Å². The second-order valence-electron chi connectivity index (χ2n) is 8.29. The van der Waals surface area contributed by atoms with Gasteiger partial charge in [-0.15, -0.1) is 0 Å². The normalized spacial score (nSPS) is 20.8. The number of halogens is 6. The standard InChI is InChI=1S/C20H23F6NO2/c21-19(22,23)14-10-15(20(24,25)26)12-16(11-14)27-7-5-18(6-8-27)3-1-13(2-4-18)9-17(28)29/h10-13H,1-9H2,(H,28,29). The minimum absolute atomic E-state index is 0.0139. The number of hydrogen-bond acceptors (Lipinski definition) is 2. The van der Waals surface area contributed by atoms with Gasteiger partial charge >= 0.3 is 18.3 Å². The van der Waals surface area contributed by atoms with Crippen molar-refractivity contribution in [1.29, 1.82) is 0 Å². The molecule has 1 aromatic rings. The first-order valence-electron chi connectivity index (χ1n) is 9.64. The van der Waals surface area contributed by atoms with Gasteiger partial charge in [-0.3, -0.25) is 4.79 Å². The molecule has 1 aliphatic heterocycles. The molecule has 3 rings (SSSR count). The largest absolute Gasteiger partial charge is 0.481 e. The molecule has 0 bridgehead atoms. The number of nitrogens with zero attached hydrogens (tertiary/aromatic N) is 1. The fourth-order valence-electron chi connectivity index (χ4n) is 4.60. The average Bonchev–Trinajstić information content (AvgIpc) is 2.62. The van der Waals surface area contributed by atoms with Crippen LogP contribution < -0.4 is 4.90 Å². The number of anilines is 1. The Kier molecular flexibility index (Phi) is 5.80. The zero-order valence-electron chi connectivity index (χ0n) is 15.7. The molecule has 1 heterocycles. The molecule has 1 spiro atoms. The quantitative estimate of drug-likeness (QED) is 0.609. The van der Waals surface area contributed by atoms with Crippen molar-refractivity contribution in [3.63, 3.8) is 0 Å². The van der Waals surface area contributed by atoms with Gasteiger partial charge < -0.3 is 10.0 Å². The van der Waals surface area contributed by atoms with Gasteiger partial charge in [-0.1, -0.05) is 0 Å². The smallest absolute Gasteiger partial charge is 0.416 e. The van der Waals surface area contributed by atoms with E-state index in [-0.39, 0.29) is 29.5 Å². The first-order valence-corrected chi connectivity index (χ1v) is 9.64. The zero-order chi connectivity index (χ0) is 21.4. The van der Waals surface area contributed by atoms with Gasteiger partial charge in [0.05, 0.1) is 11.1 Å². The SMILES string of the molecule is O=C(O)CC1CCC2(CC1)CCN(c1cc(C(F)(F)F)cc(C(F)(F)F)c1)CC2. The number of benzene rings is 1. The van der Waals surface area contributed by atoms with Gasteiger partial charge in [-0.25, -0.2) is 0 Å². The molecule has 0 amide bonds. The number of rotatable bonds is 3. The monoisotopic (exact) mass is 423 g/mol. The first-order chi connectivity index (χ1) is 13.4. The lowest BCUT2D eigenvalue weighted by Gasteiger charge is -2.46. The number of hydrogen-bond donors (Lipinski definition) is 1. The second kappa shape index (κ2) is 7.72. The van der Waals surface area contributed by atoms with E-state index in [1.54, 1.807) is 4.90 Å². The second-order valence-corrected chi connectivity index (χ2v) is 8.29. The van der Waals surface area contributed by atoms with Gasteiger partial charge in [-0.2, -0.15) is 26.3 Å². The Bertz CT molecular complexity index is 708. The van der Waals surface area contributed by atoms with Crippen LogP contribution in [0.3, 0.4) is 0 Å². The highest BCUT2D eigenvalue weighted by atomic mass is 19.4. The molecule has 0 radical (unpaired) electrons. The molecule has 1 N–H and O–H groups in total. The number of carboxylic acids is 1. The Balaban J connectivity index is 1.72. The fraction of sp³-hybridized carbons (Fsp3) is 0.650. The Morgan fingerprint density at radius 2 is 1.41 bits per heavy atom. The van der Waals surface area contributed by atoms with Crippen molar-refractivity contribution in [2.75, 3.05) is 18.0 Å². The van der Waals surface area contributed by atoms with Crippen LogP contribution in [0.25, 0.3) is 0 Å². The molecule has 9 heteroatoms. The van der Waals surface area contributed by atoms with Gasteiger partial charge in [0.15, 0.2) is 0 Å². The van der Waals surface area contributed by atoms with Crippen LogP contribution in [-0.2, 0) is 17.1 Å². The molecule has 29 heavy (non-hydrogen) atoms. The van der Waals surface area contributed by atoms with E-state index in [1.165, 1.54) is 0 Å². The predicted octanol–water partition coefficient (Wildman–Crippen LogP) is 5.98.